The van der Waals surface area contributed by atoms with Gasteiger partial charge in [0.25, 0.3) is 0 Å². The monoisotopic (exact) mass is 392 g/mol. The first-order valence-corrected chi connectivity index (χ1v) is 9.60. The molecule has 1 aromatic carbocycles. The molecule has 6 N–H and O–H groups in total. The summed E-state index contributed by atoms with van der Waals surface area (Å²) in [4.78, 5) is 36.4. The van der Waals surface area contributed by atoms with Gasteiger partial charge in [-0.1, -0.05) is 44.2 Å². The topological polar surface area (TPSA) is 137 Å². The molecule has 0 aliphatic carbocycles. The summed E-state index contributed by atoms with van der Waals surface area (Å²) < 4.78 is 5.19. The Morgan fingerprint density at radius 1 is 1.04 bits per heavy atom. The number of carbonyl (C=O) groups is 3. The van der Waals surface area contributed by atoms with E-state index in [2.05, 4.69) is 10.6 Å². The molecule has 0 bridgehead atoms. The van der Waals surface area contributed by atoms with Crippen molar-refractivity contribution in [1.82, 2.24) is 10.6 Å². The molecule has 0 aliphatic rings. The number of rotatable bonds is 12. The quantitative estimate of drug-likeness (QED) is 0.399. The van der Waals surface area contributed by atoms with E-state index in [1.165, 1.54) is 0 Å². The normalized spacial score (nSPS) is 12.9. The van der Waals surface area contributed by atoms with E-state index >= 15 is 0 Å². The van der Waals surface area contributed by atoms with Gasteiger partial charge in [-0.05, 0) is 43.7 Å². The smallest absolute Gasteiger partial charge is 0.408 e. The summed E-state index contributed by atoms with van der Waals surface area (Å²) in [6, 6.07) is 7.62. The number of benzene rings is 1. The van der Waals surface area contributed by atoms with Gasteiger partial charge in [0.15, 0.2) is 0 Å². The fraction of sp³-hybridized carbons (Fsp3) is 0.550. The summed E-state index contributed by atoms with van der Waals surface area (Å²) in [7, 11) is 0. The first-order valence-electron chi connectivity index (χ1n) is 9.60. The van der Waals surface area contributed by atoms with Gasteiger partial charge in [-0.3, -0.25) is 9.59 Å². The van der Waals surface area contributed by atoms with Crippen LogP contribution in [-0.2, 0) is 20.9 Å². The van der Waals surface area contributed by atoms with Gasteiger partial charge in [0.2, 0.25) is 11.8 Å². The van der Waals surface area contributed by atoms with Crippen LogP contribution in [0, 0.1) is 5.92 Å². The number of nitrogens with one attached hydrogen (secondary N) is 2. The Labute approximate surface area is 166 Å². The second-order valence-corrected chi connectivity index (χ2v) is 7.14. The van der Waals surface area contributed by atoms with Crippen molar-refractivity contribution in [3.8, 4) is 0 Å². The van der Waals surface area contributed by atoms with Crippen LogP contribution in [0.3, 0.4) is 0 Å². The zero-order valence-electron chi connectivity index (χ0n) is 16.6. The number of hydrogen-bond donors (Lipinski definition) is 4. The fourth-order valence-corrected chi connectivity index (χ4v) is 2.66. The van der Waals surface area contributed by atoms with Gasteiger partial charge in [0.1, 0.15) is 18.7 Å². The highest BCUT2D eigenvalue weighted by Gasteiger charge is 2.26. The third kappa shape index (κ3) is 9.36. The highest BCUT2D eigenvalue weighted by atomic mass is 16.5. The molecule has 0 radical (unpaired) electrons. The molecular weight excluding hydrogens is 360 g/mol. The molecule has 0 fully saturated rings. The van der Waals surface area contributed by atoms with Crippen LogP contribution in [-0.4, -0.2) is 36.5 Å². The van der Waals surface area contributed by atoms with Crippen LogP contribution >= 0.6 is 0 Å². The Bertz CT molecular complexity index is 622. The van der Waals surface area contributed by atoms with Crippen molar-refractivity contribution in [1.29, 1.82) is 0 Å². The van der Waals surface area contributed by atoms with Crippen molar-refractivity contribution in [2.75, 3.05) is 6.54 Å². The van der Waals surface area contributed by atoms with Crippen molar-refractivity contribution < 1.29 is 19.1 Å². The molecule has 0 aliphatic heterocycles. The number of unbranched alkanes of at least 4 members (excludes halogenated alkanes) is 1. The van der Waals surface area contributed by atoms with Crippen LogP contribution in [0.5, 0.6) is 0 Å². The molecule has 0 aromatic heterocycles. The number of hydrogen-bond acceptors (Lipinski definition) is 5. The average Bonchev–Trinajstić information content (AvgIpc) is 2.65. The number of alkyl carbamates (subject to hydrolysis) is 1. The number of primary amides is 1. The summed E-state index contributed by atoms with van der Waals surface area (Å²) in [6.45, 7) is 4.45. The average molecular weight is 393 g/mol. The zero-order chi connectivity index (χ0) is 20.9. The molecule has 0 unspecified atom stereocenters. The number of ether oxygens (including phenoxy) is 1. The SMILES string of the molecule is CC(C)C[C@H](NC(=O)[C@H](CCCCN)NC(=O)OCc1ccccc1)C(N)=O. The largest absolute Gasteiger partial charge is 0.445 e. The second-order valence-electron chi connectivity index (χ2n) is 7.14. The van der Waals surface area contributed by atoms with Crippen molar-refractivity contribution in [2.24, 2.45) is 17.4 Å². The molecule has 8 heteroatoms. The van der Waals surface area contributed by atoms with Crippen LogP contribution in [0.25, 0.3) is 0 Å². The van der Waals surface area contributed by atoms with E-state index in [1.54, 1.807) is 0 Å². The van der Waals surface area contributed by atoms with E-state index in [4.69, 9.17) is 16.2 Å². The van der Waals surface area contributed by atoms with Crippen LogP contribution in [0.1, 0.15) is 45.1 Å². The number of nitrogens with two attached hydrogens (primary N) is 2. The lowest BCUT2D eigenvalue weighted by atomic mass is 10.0. The first kappa shape index (κ1) is 23.4. The lowest BCUT2D eigenvalue weighted by molar-refractivity contribution is -0.129. The minimum absolute atomic E-state index is 0.0983. The summed E-state index contributed by atoms with van der Waals surface area (Å²) in [5.74, 6) is -0.884. The molecule has 8 nitrogen and oxygen atoms in total. The van der Waals surface area contributed by atoms with E-state index in [0.717, 1.165) is 12.0 Å². The Morgan fingerprint density at radius 3 is 2.29 bits per heavy atom. The molecule has 1 aromatic rings. The molecular formula is C20H32N4O4. The molecule has 0 saturated carbocycles. The summed E-state index contributed by atoms with van der Waals surface area (Å²) in [6.07, 6.45) is 1.48. The van der Waals surface area contributed by atoms with Crippen LogP contribution in [0.15, 0.2) is 30.3 Å². The van der Waals surface area contributed by atoms with Crippen molar-refractivity contribution >= 4 is 17.9 Å². The van der Waals surface area contributed by atoms with Crippen molar-refractivity contribution in [3.05, 3.63) is 35.9 Å². The van der Waals surface area contributed by atoms with Gasteiger partial charge in [-0.25, -0.2) is 4.79 Å². The highest BCUT2D eigenvalue weighted by Crippen LogP contribution is 2.07. The maximum absolute atomic E-state index is 12.6. The maximum atomic E-state index is 12.6. The number of amides is 3. The molecule has 2 atom stereocenters. The predicted molar refractivity (Wildman–Crippen MR) is 107 cm³/mol. The minimum atomic E-state index is -0.830. The minimum Gasteiger partial charge on any atom is -0.445 e. The first-order chi connectivity index (χ1) is 13.3. The molecule has 156 valence electrons. The Morgan fingerprint density at radius 2 is 1.71 bits per heavy atom. The molecule has 0 heterocycles. The molecule has 1 rings (SSSR count). The fourth-order valence-electron chi connectivity index (χ4n) is 2.66. The third-order valence-electron chi connectivity index (χ3n) is 4.14. The van der Waals surface area contributed by atoms with Gasteiger partial charge < -0.3 is 26.8 Å². The van der Waals surface area contributed by atoms with E-state index in [-0.39, 0.29) is 12.5 Å². The summed E-state index contributed by atoms with van der Waals surface area (Å²) in [5.41, 5.74) is 11.7. The van der Waals surface area contributed by atoms with E-state index in [0.29, 0.717) is 25.8 Å². The Hall–Kier alpha value is -2.61. The summed E-state index contributed by atoms with van der Waals surface area (Å²) >= 11 is 0. The summed E-state index contributed by atoms with van der Waals surface area (Å²) in [5, 5.41) is 5.22. The maximum Gasteiger partial charge on any atom is 0.408 e. The predicted octanol–water partition coefficient (Wildman–Crippen LogP) is 1.43. The van der Waals surface area contributed by atoms with E-state index < -0.39 is 30.0 Å². The lowest BCUT2D eigenvalue weighted by Gasteiger charge is -2.22. The third-order valence-corrected chi connectivity index (χ3v) is 4.14. The molecule has 3 amide bonds. The highest BCUT2D eigenvalue weighted by molar-refractivity contribution is 5.90. The Balaban J connectivity index is 2.67. The van der Waals surface area contributed by atoms with Crippen LogP contribution in [0.2, 0.25) is 0 Å². The Kier molecular flexibility index (Phi) is 10.6. The van der Waals surface area contributed by atoms with E-state index in [9.17, 15) is 14.4 Å². The van der Waals surface area contributed by atoms with Crippen molar-refractivity contribution in [3.63, 3.8) is 0 Å². The second kappa shape index (κ2) is 12.7. The standard InChI is InChI=1S/C20H32N4O4/c1-14(2)12-17(18(22)25)23-19(26)16(10-6-7-11-21)24-20(27)28-13-15-8-4-3-5-9-15/h3-5,8-9,14,16-17H,6-7,10-13,21H2,1-2H3,(H2,22,25)(H,23,26)(H,24,27)/t16-,17-/m0/s1. The van der Waals surface area contributed by atoms with Gasteiger partial charge in [0, 0.05) is 0 Å². The number of carbonyl (C=O) groups excluding carboxylic acids is 3. The van der Waals surface area contributed by atoms with Gasteiger partial charge in [-0.2, -0.15) is 0 Å². The van der Waals surface area contributed by atoms with Crippen LogP contribution in [0.4, 0.5) is 4.79 Å². The zero-order valence-corrected chi connectivity index (χ0v) is 16.6. The van der Waals surface area contributed by atoms with E-state index in [1.807, 2.05) is 44.2 Å². The molecule has 28 heavy (non-hydrogen) atoms. The van der Waals surface area contributed by atoms with Gasteiger partial charge >= 0.3 is 6.09 Å². The van der Waals surface area contributed by atoms with Crippen LogP contribution < -0.4 is 22.1 Å². The molecule has 0 saturated heterocycles. The molecule has 0 spiro atoms. The van der Waals surface area contributed by atoms with Gasteiger partial charge in [-0.15, -0.1) is 0 Å². The lowest BCUT2D eigenvalue weighted by Crippen LogP contribution is -2.53. The van der Waals surface area contributed by atoms with Crippen molar-refractivity contribution in [2.45, 2.75) is 58.2 Å². The van der Waals surface area contributed by atoms with Gasteiger partial charge in [0.05, 0.1) is 0 Å².